The molecule has 1 saturated heterocycles. The number of nitrogens with zero attached hydrogens (tertiary/aromatic N) is 1. The Hall–Kier alpha value is -0.120. The van der Waals surface area contributed by atoms with Crippen molar-refractivity contribution >= 4 is 0 Å². The summed E-state index contributed by atoms with van der Waals surface area (Å²) in [6, 6.07) is 0.567. The van der Waals surface area contributed by atoms with E-state index in [2.05, 4.69) is 25.7 Å². The van der Waals surface area contributed by atoms with Crippen LogP contribution in [0.3, 0.4) is 0 Å². The summed E-state index contributed by atoms with van der Waals surface area (Å²) in [6.45, 7) is 11.6. The monoisotopic (exact) mass is 242 g/mol. The van der Waals surface area contributed by atoms with E-state index in [0.29, 0.717) is 6.04 Å². The number of likely N-dealkylation sites (tertiary alicyclic amines) is 1. The molecule has 0 aromatic heterocycles. The van der Waals surface area contributed by atoms with Crippen molar-refractivity contribution in [2.75, 3.05) is 32.8 Å². The van der Waals surface area contributed by atoms with Crippen molar-refractivity contribution in [1.29, 1.82) is 0 Å². The van der Waals surface area contributed by atoms with Gasteiger partial charge in [0.2, 0.25) is 0 Å². The second-order valence-electron chi connectivity index (χ2n) is 5.75. The first-order valence-corrected chi connectivity index (χ1v) is 7.17. The number of hydrogen-bond acceptors (Lipinski definition) is 3. The summed E-state index contributed by atoms with van der Waals surface area (Å²) >= 11 is 0. The molecule has 1 heterocycles. The van der Waals surface area contributed by atoms with Crippen LogP contribution in [0, 0.1) is 11.8 Å². The van der Waals surface area contributed by atoms with Crippen LogP contribution in [0.25, 0.3) is 0 Å². The van der Waals surface area contributed by atoms with E-state index >= 15 is 0 Å². The Balaban J connectivity index is 2.16. The third kappa shape index (κ3) is 5.36. The third-order valence-corrected chi connectivity index (χ3v) is 3.83. The van der Waals surface area contributed by atoms with Crippen LogP contribution in [-0.4, -0.2) is 43.8 Å². The minimum Gasteiger partial charge on any atom is -0.380 e. The Kier molecular flexibility index (Phi) is 7.09. The lowest BCUT2D eigenvalue weighted by atomic mass is 9.91. The lowest BCUT2D eigenvalue weighted by molar-refractivity contribution is 0.0515. The lowest BCUT2D eigenvalue weighted by Gasteiger charge is -2.39. The summed E-state index contributed by atoms with van der Waals surface area (Å²) in [5.41, 5.74) is 5.87. The second-order valence-corrected chi connectivity index (χ2v) is 5.75. The van der Waals surface area contributed by atoms with E-state index in [-0.39, 0.29) is 0 Å². The van der Waals surface area contributed by atoms with Crippen LogP contribution in [0.1, 0.15) is 40.0 Å². The van der Waals surface area contributed by atoms with Gasteiger partial charge in [-0.2, -0.15) is 0 Å². The standard InChI is InChI=1S/C14H30N2O/c1-12(2)6-9-17-10-8-16-7-4-5-13(3)14(16)11-15/h12-14H,4-11,15H2,1-3H3. The van der Waals surface area contributed by atoms with Gasteiger partial charge in [-0.25, -0.2) is 0 Å². The van der Waals surface area contributed by atoms with E-state index in [4.69, 9.17) is 10.5 Å². The van der Waals surface area contributed by atoms with Crippen LogP contribution in [-0.2, 0) is 4.74 Å². The van der Waals surface area contributed by atoms with Crippen molar-refractivity contribution in [2.24, 2.45) is 17.6 Å². The highest BCUT2D eigenvalue weighted by molar-refractivity contribution is 4.82. The zero-order valence-electron chi connectivity index (χ0n) is 11.8. The predicted octanol–water partition coefficient (Wildman–Crippen LogP) is 2.11. The Morgan fingerprint density at radius 2 is 2.12 bits per heavy atom. The highest BCUT2D eigenvalue weighted by Crippen LogP contribution is 2.22. The van der Waals surface area contributed by atoms with Gasteiger partial charge < -0.3 is 10.5 Å². The molecule has 0 aromatic carbocycles. The van der Waals surface area contributed by atoms with Gasteiger partial charge in [-0.05, 0) is 37.6 Å². The topological polar surface area (TPSA) is 38.5 Å². The van der Waals surface area contributed by atoms with Crippen LogP contribution in [0.15, 0.2) is 0 Å². The molecule has 3 heteroatoms. The molecular weight excluding hydrogens is 212 g/mol. The largest absolute Gasteiger partial charge is 0.380 e. The fourth-order valence-electron chi connectivity index (χ4n) is 2.60. The van der Waals surface area contributed by atoms with Crippen molar-refractivity contribution in [3.8, 4) is 0 Å². The molecule has 2 N–H and O–H groups in total. The van der Waals surface area contributed by atoms with Crippen molar-refractivity contribution in [2.45, 2.75) is 46.1 Å². The maximum Gasteiger partial charge on any atom is 0.0593 e. The molecule has 0 saturated carbocycles. The van der Waals surface area contributed by atoms with Crippen LogP contribution >= 0.6 is 0 Å². The number of nitrogens with two attached hydrogens (primary N) is 1. The van der Waals surface area contributed by atoms with Gasteiger partial charge in [-0.3, -0.25) is 4.90 Å². The fraction of sp³-hybridized carbons (Fsp3) is 1.00. The summed E-state index contributed by atoms with van der Waals surface area (Å²) in [5.74, 6) is 1.48. The van der Waals surface area contributed by atoms with Crippen LogP contribution in [0.2, 0.25) is 0 Å². The zero-order valence-corrected chi connectivity index (χ0v) is 11.8. The summed E-state index contributed by atoms with van der Waals surface area (Å²) < 4.78 is 5.69. The summed E-state index contributed by atoms with van der Waals surface area (Å²) in [4.78, 5) is 2.52. The number of rotatable bonds is 7. The predicted molar refractivity (Wildman–Crippen MR) is 73.1 cm³/mol. The summed E-state index contributed by atoms with van der Waals surface area (Å²) in [5, 5.41) is 0. The van der Waals surface area contributed by atoms with Gasteiger partial charge in [-0.15, -0.1) is 0 Å². The molecule has 1 aliphatic rings. The van der Waals surface area contributed by atoms with Gasteiger partial charge in [0, 0.05) is 25.7 Å². The van der Waals surface area contributed by atoms with E-state index in [1.807, 2.05) is 0 Å². The van der Waals surface area contributed by atoms with E-state index in [9.17, 15) is 0 Å². The Bertz CT molecular complexity index is 197. The van der Waals surface area contributed by atoms with Gasteiger partial charge in [0.25, 0.3) is 0 Å². The Morgan fingerprint density at radius 1 is 1.35 bits per heavy atom. The van der Waals surface area contributed by atoms with Crippen molar-refractivity contribution < 1.29 is 4.74 Å². The molecule has 1 fully saturated rings. The summed E-state index contributed by atoms with van der Waals surface area (Å²) in [6.07, 6.45) is 3.80. The Morgan fingerprint density at radius 3 is 2.76 bits per heavy atom. The average molecular weight is 242 g/mol. The highest BCUT2D eigenvalue weighted by Gasteiger charge is 2.26. The molecule has 1 aliphatic heterocycles. The normalized spacial score (nSPS) is 26.6. The SMILES string of the molecule is CC(C)CCOCCN1CCCC(C)C1CN. The van der Waals surface area contributed by atoms with Gasteiger partial charge in [-0.1, -0.05) is 20.8 Å². The van der Waals surface area contributed by atoms with Gasteiger partial charge in [0.05, 0.1) is 6.61 Å². The smallest absolute Gasteiger partial charge is 0.0593 e. The number of piperidine rings is 1. The van der Waals surface area contributed by atoms with Gasteiger partial charge in [0.15, 0.2) is 0 Å². The lowest BCUT2D eigenvalue weighted by Crippen LogP contribution is -2.49. The molecule has 0 aliphatic carbocycles. The first kappa shape index (κ1) is 14.9. The highest BCUT2D eigenvalue weighted by atomic mass is 16.5. The molecule has 1 rings (SSSR count). The molecule has 2 atom stereocenters. The average Bonchev–Trinajstić information content (AvgIpc) is 2.28. The maximum absolute atomic E-state index is 5.87. The molecule has 2 unspecified atom stereocenters. The minimum atomic E-state index is 0.567. The minimum absolute atomic E-state index is 0.567. The molecule has 0 amide bonds. The van der Waals surface area contributed by atoms with E-state index in [0.717, 1.165) is 44.6 Å². The fourth-order valence-corrected chi connectivity index (χ4v) is 2.60. The number of ether oxygens (including phenoxy) is 1. The first-order chi connectivity index (χ1) is 8.15. The van der Waals surface area contributed by atoms with Crippen LogP contribution < -0.4 is 5.73 Å². The van der Waals surface area contributed by atoms with Crippen LogP contribution in [0.5, 0.6) is 0 Å². The molecule has 0 aromatic rings. The molecule has 102 valence electrons. The van der Waals surface area contributed by atoms with E-state index in [1.165, 1.54) is 19.4 Å². The molecular formula is C14H30N2O. The molecule has 0 radical (unpaired) electrons. The molecule has 3 nitrogen and oxygen atoms in total. The number of hydrogen-bond donors (Lipinski definition) is 1. The quantitative estimate of drug-likeness (QED) is 0.695. The third-order valence-electron chi connectivity index (χ3n) is 3.83. The zero-order chi connectivity index (χ0) is 12.7. The first-order valence-electron chi connectivity index (χ1n) is 7.17. The van der Waals surface area contributed by atoms with Gasteiger partial charge in [0.1, 0.15) is 0 Å². The second kappa shape index (κ2) is 8.06. The molecule has 17 heavy (non-hydrogen) atoms. The van der Waals surface area contributed by atoms with Crippen molar-refractivity contribution in [1.82, 2.24) is 4.90 Å². The Labute approximate surface area is 107 Å². The molecule has 0 spiro atoms. The van der Waals surface area contributed by atoms with Crippen molar-refractivity contribution in [3.05, 3.63) is 0 Å². The molecule has 0 bridgehead atoms. The van der Waals surface area contributed by atoms with Crippen molar-refractivity contribution in [3.63, 3.8) is 0 Å². The van der Waals surface area contributed by atoms with Crippen LogP contribution in [0.4, 0.5) is 0 Å². The summed E-state index contributed by atoms with van der Waals surface area (Å²) in [7, 11) is 0. The van der Waals surface area contributed by atoms with E-state index < -0.39 is 0 Å². The maximum atomic E-state index is 5.87. The van der Waals surface area contributed by atoms with Gasteiger partial charge >= 0.3 is 0 Å². The van der Waals surface area contributed by atoms with E-state index in [1.54, 1.807) is 0 Å².